The summed E-state index contributed by atoms with van der Waals surface area (Å²) in [5.74, 6) is -0.308. The highest BCUT2D eigenvalue weighted by Gasteiger charge is 2.09. The summed E-state index contributed by atoms with van der Waals surface area (Å²) in [4.78, 5) is 11.9. The van der Waals surface area contributed by atoms with Gasteiger partial charge < -0.3 is 11.1 Å². The van der Waals surface area contributed by atoms with Crippen molar-refractivity contribution in [2.24, 2.45) is 0 Å². The Morgan fingerprint density at radius 3 is 2.67 bits per heavy atom. The number of amides is 1. The van der Waals surface area contributed by atoms with E-state index in [0.29, 0.717) is 20.9 Å². The molecule has 0 saturated heterocycles. The van der Waals surface area contributed by atoms with Crippen LogP contribution in [-0.2, 0) is 4.79 Å². The number of anilines is 2. The van der Waals surface area contributed by atoms with Crippen LogP contribution >= 0.6 is 39.1 Å². The lowest BCUT2D eigenvalue weighted by Gasteiger charge is -2.07. The number of carbonyl (C=O) groups is 1. The van der Waals surface area contributed by atoms with Crippen molar-refractivity contribution in [1.29, 1.82) is 0 Å². The van der Waals surface area contributed by atoms with Gasteiger partial charge in [0, 0.05) is 16.2 Å². The number of hydrogen-bond acceptors (Lipinski definition) is 2. The molecule has 0 heterocycles. The Morgan fingerprint density at radius 2 is 1.95 bits per heavy atom. The van der Waals surface area contributed by atoms with Crippen molar-refractivity contribution >= 4 is 62.5 Å². The number of halogens is 3. The number of rotatable bonds is 3. The van der Waals surface area contributed by atoms with Crippen LogP contribution in [0.1, 0.15) is 5.56 Å². The molecule has 0 aliphatic carbocycles. The smallest absolute Gasteiger partial charge is 0.248 e. The minimum Gasteiger partial charge on any atom is -0.399 e. The minimum absolute atomic E-state index is 0.289. The first-order valence-corrected chi connectivity index (χ1v) is 7.50. The molecule has 108 valence electrons. The minimum atomic E-state index is -0.308. The number of nitrogen functional groups attached to an aromatic ring is 1. The lowest BCUT2D eigenvalue weighted by atomic mass is 10.2. The zero-order valence-corrected chi connectivity index (χ0v) is 13.8. The van der Waals surface area contributed by atoms with Gasteiger partial charge in [0.05, 0.1) is 15.7 Å². The summed E-state index contributed by atoms with van der Waals surface area (Å²) in [5, 5.41) is 3.31. The number of benzene rings is 2. The first kappa shape index (κ1) is 15.9. The second-order valence-electron chi connectivity index (χ2n) is 4.22. The van der Waals surface area contributed by atoms with Crippen molar-refractivity contribution in [2.45, 2.75) is 0 Å². The molecule has 2 aromatic rings. The van der Waals surface area contributed by atoms with Crippen LogP contribution < -0.4 is 11.1 Å². The molecule has 0 aromatic heterocycles. The third kappa shape index (κ3) is 4.24. The number of nitrogens with two attached hydrogens (primary N) is 1. The molecule has 2 rings (SSSR count). The Morgan fingerprint density at radius 1 is 1.19 bits per heavy atom. The zero-order chi connectivity index (χ0) is 15.4. The molecule has 0 bridgehead atoms. The molecule has 0 atom stereocenters. The molecule has 0 spiro atoms. The largest absolute Gasteiger partial charge is 0.399 e. The molecule has 0 unspecified atom stereocenters. The van der Waals surface area contributed by atoms with Crippen molar-refractivity contribution in [3.05, 3.63) is 62.6 Å². The summed E-state index contributed by atoms with van der Waals surface area (Å²) in [7, 11) is 0. The van der Waals surface area contributed by atoms with Crippen LogP contribution in [0.3, 0.4) is 0 Å². The van der Waals surface area contributed by atoms with Gasteiger partial charge in [0.15, 0.2) is 0 Å². The molecule has 0 fully saturated rings. The van der Waals surface area contributed by atoms with Crippen LogP contribution in [0.5, 0.6) is 0 Å². The maximum Gasteiger partial charge on any atom is 0.248 e. The van der Waals surface area contributed by atoms with E-state index in [1.54, 1.807) is 30.3 Å². The number of carbonyl (C=O) groups excluding carboxylic acids is 1. The fraction of sp³-hybridized carbons (Fsp3) is 0. The summed E-state index contributed by atoms with van der Waals surface area (Å²) < 4.78 is 0.669. The van der Waals surface area contributed by atoms with Crippen LogP contribution in [0, 0.1) is 0 Å². The van der Waals surface area contributed by atoms with E-state index >= 15 is 0 Å². The van der Waals surface area contributed by atoms with E-state index in [4.69, 9.17) is 28.9 Å². The Bertz CT molecular complexity index is 717. The highest BCUT2D eigenvalue weighted by molar-refractivity contribution is 9.10. The van der Waals surface area contributed by atoms with Gasteiger partial charge in [-0.2, -0.15) is 0 Å². The van der Waals surface area contributed by atoms with E-state index < -0.39 is 0 Å². The second kappa shape index (κ2) is 6.98. The van der Waals surface area contributed by atoms with Gasteiger partial charge in [0.1, 0.15) is 0 Å². The molecule has 6 heteroatoms. The van der Waals surface area contributed by atoms with Crippen LogP contribution in [-0.4, -0.2) is 5.91 Å². The van der Waals surface area contributed by atoms with Crippen LogP contribution in [0.15, 0.2) is 46.9 Å². The molecule has 0 radical (unpaired) electrons. The van der Waals surface area contributed by atoms with Gasteiger partial charge in [-0.25, -0.2) is 0 Å². The Balaban J connectivity index is 2.10. The second-order valence-corrected chi connectivity index (χ2v) is 5.83. The van der Waals surface area contributed by atoms with Crippen molar-refractivity contribution in [3.8, 4) is 0 Å². The molecular formula is C15H11BrCl2N2O. The Hall–Kier alpha value is -1.49. The molecule has 21 heavy (non-hydrogen) atoms. The summed E-state index contributed by atoms with van der Waals surface area (Å²) in [5.41, 5.74) is 7.60. The summed E-state index contributed by atoms with van der Waals surface area (Å²) in [6.45, 7) is 0. The first-order chi connectivity index (χ1) is 9.97. The molecule has 3 nitrogen and oxygen atoms in total. The van der Waals surface area contributed by atoms with E-state index in [1.165, 1.54) is 6.08 Å². The molecule has 0 aliphatic rings. The van der Waals surface area contributed by atoms with Crippen LogP contribution in [0.2, 0.25) is 10.0 Å². The topological polar surface area (TPSA) is 55.1 Å². The van der Waals surface area contributed by atoms with E-state index in [2.05, 4.69) is 21.2 Å². The maximum absolute atomic E-state index is 11.9. The molecule has 2 aromatic carbocycles. The summed E-state index contributed by atoms with van der Waals surface area (Å²) in [6.07, 6.45) is 3.07. The van der Waals surface area contributed by atoms with E-state index in [1.807, 2.05) is 12.1 Å². The Kier molecular flexibility index (Phi) is 5.28. The van der Waals surface area contributed by atoms with E-state index in [9.17, 15) is 4.79 Å². The van der Waals surface area contributed by atoms with Gasteiger partial charge in [0.2, 0.25) is 5.91 Å². The zero-order valence-electron chi connectivity index (χ0n) is 10.7. The van der Waals surface area contributed by atoms with Crippen molar-refractivity contribution < 1.29 is 4.79 Å². The maximum atomic E-state index is 11.9. The average Bonchev–Trinajstić information content (AvgIpc) is 2.46. The summed E-state index contributed by atoms with van der Waals surface area (Å²) >= 11 is 15.3. The monoisotopic (exact) mass is 384 g/mol. The van der Waals surface area contributed by atoms with E-state index in [-0.39, 0.29) is 10.9 Å². The number of nitrogens with one attached hydrogen (secondary N) is 1. The average molecular weight is 386 g/mol. The quantitative estimate of drug-likeness (QED) is 0.444. The van der Waals surface area contributed by atoms with Crippen molar-refractivity contribution in [2.75, 3.05) is 11.1 Å². The lowest BCUT2D eigenvalue weighted by Crippen LogP contribution is -2.08. The normalized spacial score (nSPS) is 10.8. The van der Waals surface area contributed by atoms with Gasteiger partial charge >= 0.3 is 0 Å². The SMILES string of the molecule is Nc1cccc(/C=C/C(=O)Nc2ccc(Br)c(Cl)c2Cl)c1. The highest BCUT2D eigenvalue weighted by Crippen LogP contribution is 2.35. The molecular weight excluding hydrogens is 375 g/mol. The van der Waals surface area contributed by atoms with Gasteiger partial charge in [-0.1, -0.05) is 35.3 Å². The third-order valence-corrected chi connectivity index (χ3v) is 4.40. The van der Waals surface area contributed by atoms with Gasteiger partial charge in [-0.05, 0) is 51.8 Å². The fourth-order valence-electron chi connectivity index (χ4n) is 1.63. The fourth-order valence-corrected chi connectivity index (χ4v) is 2.45. The number of hydrogen-bond donors (Lipinski definition) is 2. The van der Waals surface area contributed by atoms with Gasteiger partial charge in [-0.15, -0.1) is 0 Å². The standard InChI is InChI=1S/C15H11BrCl2N2O/c16-11-5-6-12(15(18)14(11)17)20-13(21)7-4-9-2-1-3-10(19)8-9/h1-8H,19H2,(H,20,21)/b7-4+. The molecule has 0 saturated carbocycles. The van der Waals surface area contributed by atoms with E-state index in [0.717, 1.165) is 5.56 Å². The van der Waals surface area contributed by atoms with Gasteiger partial charge in [-0.3, -0.25) is 4.79 Å². The molecule has 1 amide bonds. The van der Waals surface area contributed by atoms with Crippen LogP contribution in [0.4, 0.5) is 11.4 Å². The first-order valence-electron chi connectivity index (χ1n) is 5.95. The highest BCUT2D eigenvalue weighted by atomic mass is 79.9. The van der Waals surface area contributed by atoms with Gasteiger partial charge in [0.25, 0.3) is 0 Å². The summed E-state index contributed by atoms with van der Waals surface area (Å²) in [6, 6.07) is 10.6. The molecule has 0 aliphatic heterocycles. The van der Waals surface area contributed by atoms with Crippen LogP contribution in [0.25, 0.3) is 6.08 Å². The molecule has 3 N–H and O–H groups in total. The van der Waals surface area contributed by atoms with Crippen molar-refractivity contribution in [1.82, 2.24) is 0 Å². The van der Waals surface area contributed by atoms with Crippen molar-refractivity contribution in [3.63, 3.8) is 0 Å². The lowest BCUT2D eigenvalue weighted by molar-refractivity contribution is -0.111. The Labute approximate surface area is 140 Å². The predicted molar refractivity (Wildman–Crippen MR) is 92.7 cm³/mol. The third-order valence-electron chi connectivity index (χ3n) is 2.63. The predicted octanol–water partition coefficient (Wildman–Crippen LogP) is 4.99.